The first-order valence-corrected chi connectivity index (χ1v) is 6.39. The first kappa shape index (κ1) is 17.7. The summed E-state index contributed by atoms with van der Waals surface area (Å²) in [5.74, 6) is 0. The van der Waals surface area contributed by atoms with Crippen LogP contribution in [-0.4, -0.2) is 23.6 Å². The van der Waals surface area contributed by atoms with E-state index >= 15 is 0 Å². The second-order valence-corrected chi connectivity index (χ2v) is 4.18. The van der Waals surface area contributed by atoms with Gasteiger partial charge in [-0.1, -0.05) is 26.2 Å². The lowest BCUT2D eigenvalue weighted by Gasteiger charge is -2.05. The van der Waals surface area contributed by atoms with Gasteiger partial charge in [-0.3, -0.25) is 9.11 Å². The van der Waals surface area contributed by atoms with Gasteiger partial charge in [0.25, 0.3) is 0 Å². The predicted molar refractivity (Wildman–Crippen MR) is 59.3 cm³/mol. The van der Waals surface area contributed by atoms with Crippen molar-refractivity contribution in [3.8, 4) is 0 Å². The molecule has 1 atom stereocenters. The molecule has 2 N–H and O–H groups in total. The van der Waals surface area contributed by atoms with Crippen LogP contribution in [0.15, 0.2) is 5.34 Å². The zero-order valence-electron chi connectivity index (χ0n) is 9.50. The molecule has 0 saturated carbocycles. The standard InChI is InChI=1S/C8H17NO2.H2O4S/c1-3-4-5-6-7-8(2)11-9-10;1-5(2,3)4/h8H,3-7H2,1-2H3;(H2,1,2,3,4). The van der Waals surface area contributed by atoms with Gasteiger partial charge in [0.15, 0.2) is 5.34 Å². The van der Waals surface area contributed by atoms with E-state index in [4.69, 9.17) is 17.5 Å². The number of unbranched alkanes of at least 4 members (excludes halogenated alkanes) is 3. The highest BCUT2D eigenvalue weighted by atomic mass is 32.3. The van der Waals surface area contributed by atoms with Gasteiger partial charge in [0.2, 0.25) is 0 Å². The van der Waals surface area contributed by atoms with Crippen molar-refractivity contribution in [2.45, 2.75) is 52.1 Å². The van der Waals surface area contributed by atoms with Crippen LogP contribution in [-0.2, 0) is 15.2 Å². The minimum Gasteiger partial charge on any atom is -0.361 e. The summed E-state index contributed by atoms with van der Waals surface area (Å²) in [6.45, 7) is 4.04. The highest BCUT2D eigenvalue weighted by molar-refractivity contribution is 7.79. The van der Waals surface area contributed by atoms with E-state index in [-0.39, 0.29) is 6.10 Å². The summed E-state index contributed by atoms with van der Waals surface area (Å²) in [4.78, 5) is 14.1. The SMILES string of the molecule is CCCCCCC(C)ON=O.O=S(=O)(O)O. The van der Waals surface area contributed by atoms with Crippen molar-refractivity contribution < 1.29 is 22.4 Å². The summed E-state index contributed by atoms with van der Waals surface area (Å²) < 4.78 is 31.6. The van der Waals surface area contributed by atoms with Gasteiger partial charge in [-0.15, -0.1) is 4.91 Å². The van der Waals surface area contributed by atoms with E-state index in [0.717, 1.165) is 12.8 Å². The summed E-state index contributed by atoms with van der Waals surface area (Å²) in [6.07, 6.45) is 5.78. The Hall–Kier alpha value is -0.730. The zero-order valence-corrected chi connectivity index (χ0v) is 10.3. The molecule has 0 fully saturated rings. The molecule has 0 aromatic heterocycles. The van der Waals surface area contributed by atoms with Gasteiger partial charge in [-0.05, 0) is 19.8 Å². The van der Waals surface area contributed by atoms with Gasteiger partial charge in [0, 0.05) is 0 Å². The third-order valence-electron chi connectivity index (χ3n) is 1.69. The van der Waals surface area contributed by atoms with Gasteiger partial charge in [-0.25, -0.2) is 0 Å². The Balaban J connectivity index is 0. The van der Waals surface area contributed by atoms with E-state index in [1.807, 2.05) is 6.92 Å². The number of rotatable bonds is 7. The predicted octanol–water partition coefficient (Wildman–Crippen LogP) is 2.39. The molecule has 0 spiro atoms. The van der Waals surface area contributed by atoms with Crippen LogP contribution in [0.4, 0.5) is 0 Å². The Morgan fingerprint density at radius 3 is 2.12 bits per heavy atom. The third kappa shape index (κ3) is 29.2. The van der Waals surface area contributed by atoms with Crippen LogP contribution in [0.3, 0.4) is 0 Å². The maximum atomic E-state index is 9.63. The molecule has 0 amide bonds. The van der Waals surface area contributed by atoms with Crippen molar-refractivity contribution in [3.63, 3.8) is 0 Å². The summed E-state index contributed by atoms with van der Waals surface area (Å²) in [5, 5.41) is 2.38. The van der Waals surface area contributed by atoms with Gasteiger partial charge in [0.1, 0.15) is 6.10 Å². The fraction of sp³-hybridized carbons (Fsp3) is 1.00. The minimum absolute atomic E-state index is 0.00986. The highest BCUT2D eigenvalue weighted by Crippen LogP contribution is 2.07. The van der Waals surface area contributed by atoms with Crippen molar-refractivity contribution in [1.82, 2.24) is 0 Å². The maximum absolute atomic E-state index is 9.63. The lowest BCUT2D eigenvalue weighted by Crippen LogP contribution is -2.02. The number of hydrogen-bond acceptors (Lipinski definition) is 5. The Morgan fingerprint density at radius 1 is 1.25 bits per heavy atom. The second kappa shape index (κ2) is 10.8. The topological polar surface area (TPSA) is 113 Å². The van der Waals surface area contributed by atoms with E-state index in [9.17, 15) is 4.91 Å². The van der Waals surface area contributed by atoms with Crippen LogP contribution >= 0.6 is 0 Å². The summed E-state index contributed by atoms with van der Waals surface area (Å²) in [6, 6.07) is 0. The summed E-state index contributed by atoms with van der Waals surface area (Å²) >= 11 is 0. The van der Waals surface area contributed by atoms with Gasteiger partial charge in [0.05, 0.1) is 0 Å². The Labute approximate surface area is 95.7 Å². The quantitative estimate of drug-likeness (QED) is 0.313. The second-order valence-electron chi connectivity index (χ2n) is 3.29. The number of hydrogen-bond donors (Lipinski definition) is 2. The summed E-state index contributed by atoms with van der Waals surface area (Å²) in [5.41, 5.74) is 0. The molecule has 0 aromatic carbocycles. The van der Waals surface area contributed by atoms with E-state index in [1.165, 1.54) is 19.3 Å². The van der Waals surface area contributed by atoms with Crippen molar-refractivity contribution in [2.24, 2.45) is 5.34 Å². The van der Waals surface area contributed by atoms with Crippen LogP contribution in [0.25, 0.3) is 0 Å². The molecule has 1 unspecified atom stereocenters. The molecule has 0 bridgehead atoms. The molecule has 0 saturated heterocycles. The highest BCUT2D eigenvalue weighted by Gasteiger charge is 2.00. The first-order valence-electron chi connectivity index (χ1n) is 4.99. The van der Waals surface area contributed by atoms with Crippen LogP contribution < -0.4 is 0 Å². The van der Waals surface area contributed by atoms with Crippen LogP contribution in [0.5, 0.6) is 0 Å². The third-order valence-corrected chi connectivity index (χ3v) is 1.69. The van der Waals surface area contributed by atoms with Crippen molar-refractivity contribution in [1.29, 1.82) is 0 Å². The first-order chi connectivity index (χ1) is 7.31. The molecule has 0 rings (SSSR count). The maximum Gasteiger partial charge on any atom is 0.394 e. The average molecular weight is 257 g/mol. The lowest BCUT2D eigenvalue weighted by atomic mass is 10.1. The van der Waals surface area contributed by atoms with E-state index in [2.05, 4.69) is 17.1 Å². The van der Waals surface area contributed by atoms with E-state index < -0.39 is 10.4 Å². The molecule has 0 heterocycles. The van der Waals surface area contributed by atoms with Crippen LogP contribution in [0.2, 0.25) is 0 Å². The van der Waals surface area contributed by atoms with Crippen molar-refractivity contribution >= 4 is 10.4 Å². The van der Waals surface area contributed by atoms with Gasteiger partial charge in [-0.2, -0.15) is 8.42 Å². The Bertz CT molecular complexity index is 245. The Kier molecular flexibility index (Phi) is 11.9. The zero-order chi connectivity index (χ0) is 13.0. The smallest absolute Gasteiger partial charge is 0.361 e. The van der Waals surface area contributed by atoms with Gasteiger partial charge < -0.3 is 4.84 Å². The van der Waals surface area contributed by atoms with Gasteiger partial charge >= 0.3 is 10.4 Å². The number of nitrogens with zero attached hydrogens (tertiary/aromatic N) is 1. The average Bonchev–Trinajstić information content (AvgIpc) is 2.10. The summed E-state index contributed by atoms with van der Waals surface area (Å²) in [7, 11) is -4.67. The molecular weight excluding hydrogens is 238 g/mol. The molecule has 0 radical (unpaired) electrons. The van der Waals surface area contributed by atoms with E-state index in [1.54, 1.807) is 0 Å². The molecule has 16 heavy (non-hydrogen) atoms. The lowest BCUT2D eigenvalue weighted by molar-refractivity contribution is 0.0607. The van der Waals surface area contributed by atoms with E-state index in [0.29, 0.717) is 0 Å². The van der Waals surface area contributed by atoms with Crippen LogP contribution in [0.1, 0.15) is 46.0 Å². The molecule has 7 nitrogen and oxygen atoms in total. The molecule has 0 aliphatic rings. The molecular formula is C8H19NO6S. The molecule has 0 aliphatic carbocycles. The Morgan fingerprint density at radius 2 is 1.75 bits per heavy atom. The normalized spacial score (nSPS) is 12.2. The molecule has 98 valence electrons. The van der Waals surface area contributed by atoms with Crippen molar-refractivity contribution in [3.05, 3.63) is 4.91 Å². The minimum atomic E-state index is -4.67. The monoisotopic (exact) mass is 257 g/mol. The fourth-order valence-electron chi connectivity index (χ4n) is 0.985. The fourth-order valence-corrected chi connectivity index (χ4v) is 0.985. The largest absolute Gasteiger partial charge is 0.394 e. The molecule has 0 aliphatic heterocycles. The molecule has 8 heteroatoms. The van der Waals surface area contributed by atoms with Crippen LogP contribution in [0, 0.1) is 4.91 Å². The van der Waals surface area contributed by atoms with Crippen molar-refractivity contribution in [2.75, 3.05) is 0 Å². The molecule has 0 aromatic rings.